The summed E-state index contributed by atoms with van der Waals surface area (Å²) in [5, 5.41) is 0.516. The van der Waals surface area contributed by atoms with Crippen molar-refractivity contribution < 1.29 is 0 Å². The van der Waals surface area contributed by atoms with Gasteiger partial charge < -0.3 is 4.90 Å². The quantitative estimate of drug-likeness (QED) is 0.762. The van der Waals surface area contributed by atoms with Gasteiger partial charge in [0.25, 0.3) is 0 Å². The number of benzene rings is 1. The van der Waals surface area contributed by atoms with E-state index in [1.807, 2.05) is 49.2 Å². The third kappa shape index (κ3) is 2.93. The molecule has 0 N–H and O–H groups in total. The molecule has 0 bridgehead atoms. The molecular weight excluding hydrogens is 270 g/mol. The predicted octanol–water partition coefficient (Wildman–Crippen LogP) is 4.50. The molecule has 0 aliphatic heterocycles. The highest BCUT2D eigenvalue weighted by Crippen LogP contribution is 2.31. The standard InChI is InChI=1S/C16H20ClN3/c1-11-13(17)18-15(16(2,3)4)19-14(11)20(5)12-9-7-6-8-10-12/h6-10H,1-5H3. The van der Waals surface area contributed by atoms with Crippen molar-refractivity contribution in [2.24, 2.45) is 0 Å². The lowest BCUT2D eigenvalue weighted by Gasteiger charge is -2.24. The lowest BCUT2D eigenvalue weighted by molar-refractivity contribution is 0.544. The topological polar surface area (TPSA) is 29.0 Å². The second-order valence-corrected chi connectivity index (χ2v) is 6.29. The third-order valence-electron chi connectivity index (χ3n) is 3.19. The number of hydrogen-bond acceptors (Lipinski definition) is 3. The van der Waals surface area contributed by atoms with Crippen LogP contribution in [0.4, 0.5) is 11.5 Å². The highest BCUT2D eigenvalue weighted by molar-refractivity contribution is 6.30. The summed E-state index contributed by atoms with van der Waals surface area (Å²) in [4.78, 5) is 11.2. The molecule has 0 unspecified atom stereocenters. The monoisotopic (exact) mass is 289 g/mol. The van der Waals surface area contributed by atoms with Gasteiger partial charge in [0, 0.05) is 23.7 Å². The highest BCUT2D eigenvalue weighted by Gasteiger charge is 2.22. The molecule has 0 atom stereocenters. The normalized spacial score (nSPS) is 11.5. The maximum Gasteiger partial charge on any atom is 0.140 e. The van der Waals surface area contributed by atoms with E-state index in [9.17, 15) is 0 Å². The second-order valence-electron chi connectivity index (χ2n) is 5.93. The fourth-order valence-electron chi connectivity index (χ4n) is 1.91. The molecule has 2 rings (SSSR count). The van der Waals surface area contributed by atoms with E-state index in [0.29, 0.717) is 5.15 Å². The van der Waals surface area contributed by atoms with Gasteiger partial charge in [-0.25, -0.2) is 9.97 Å². The van der Waals surface area contributed by atoms with Crippen LogP contribution in [-0.4, -0.2) is 17.0 Å². The Labute approximate surface area is 125 Å². The third-order valence-corrected chi connectivity index (χ3v) is 3.56. The number of anilines is 2. The highest BCUT2D eigenvalue weighted by atomic mass is 35.5. The van der Waals surface area contributed by atoms with Gasteiger partial charge in [0.05, 0.1) is 0 Å². The van der Waals surface area contributed by atoms with Gasteiger partial charge >= 0.3 is 0 Å². The molecule has 0 amide bonds. The Balaban J connectivity index is 2.54. The van der Waals surface area contributed by atoms with Crippen LogP contribution in [0.5, 0.6) is 0 Å². The van der Waals surface area contributed by atoms with Gasteiger partial charge in [-0.3, -0.25) is 0 Å². The number of nitrogens with zero attached hydrogens (tertiary/aromatic N) is 3. The average molecular weight is 290 g/mol. The Kier molecular flexibility index (Phi) is 4.00. The van der Waals surface area contributed by atoms with Crippen molar-refractivity contribution >= 4 is 23.1 Å². The molecule has 4 heteroatoms. The van der Waals surface area contributed by atoms with Crippen LogP contribution in [0.3, 0.4) is 0 Å². The summed E-state index contributed by atoms with van der Waals surface area (Å²) >= 11 is 6.28. The van der Waals surface area contributed by atoms with E-state index in [0.717, 1.165) is 22.9 Å². The SMILES string of the molecule is Cc1c(Cl)nc(C(C)(C)C)nc1N(C)c1ccccc1. The molecule has 106 valence electrons. The zero-order valence-corrected chi connectivity index (χ0v) is 13.4. The average Bonchev–Trinajstić information content (AvgIpc) is 2.40. The molecule has 0 aliphatic rings. The first-order chi connectivity index (χ1) is 9.30. The van der Waals surface area contributed by atoms with E-state index >= 15 is 0 Å². The maximum absolute atomic E-state index is 6.28. The van der Waals surface area contributed by atoms with Gasteiger partial charge in [0.2, 0.25) is 0 Å². The summed E-state index contributed by atoms with van der Waals surface area (Å²) in [6.45, 7) is 8.20. The Morgan fingerprint density at radius 1 is 1.05 bits per heavy atom. The van der Waals surface area contributed by atoms with Gasteiger partial charge in [-0.2, -0.15) is 0 Å². The van der Waals surface area contributed by atoms with Crippen LogP contribution in [0.25, 0.3) is 0 Å². The fourth-order valence-corrected chi connectivity index (χ4v) is 2.08. The van der Waals surface area contributed by atoms with Crippen LogP contribution in [0.15, 0.2) is 30.3 Å². The molecular formula is C16H20ClN3. The van der Waals surface area contributed by atoms with Crippen LogP contribution in [-0.2, 0) is 5.41 Å². The van der Waals surface area contributed by atoms with Crippen LogP contribution >= 0.6 is 11.6 Å². The first-order valence-corrected chi connectivity index (χ1v) is 7.02. The number of halogens is 1. The largest absolute Gasteiger partial charge is 0.329 e. The molecule has 1 aromatic carbocycles. The lowest BCUT2D eigenvalue weighted by atomic mass is 9.95. The zero-order chi connectivity index (χ0) is 14.9. The van der Waals surface area contributed by atoms with Crippen molar-refractivity contribution in [2.45, 2.75) is 33.1 Å². The van der Waals surface area contributed by atoms with E-state index in [1.165, 1.54) is 0 Å². The number of para-hydroxylation sites is 1. The summed E-state index contributed by atoms with van der Waals surface area (Å²) in [6.07, 6.45) is 0. The zero-order valence-electron chi connectivity index (χ0n) is 12.6. The first kappa shape index (κ1) is 14.8. The number of aromatic nitrogens is 2. The van der Waals surface area contributed by atoms with Gasteiger partial charge in [-0.05, 0) is 19.1 Å². The second kappa shape index (κ2) is 5.41. The van der Waals surface area contributed by atoms with Crippen LogP contribution in [0, 0.1) is 6.92 Å². The fraction of sp³-hybridized carbons (Fsp3) is 0.375. The summed E-state index contributed by atoms with van der Waals surface area (Å²) in [6, 6.07) is 10.1. The molecule has 0 fully saturated rings. The summed E-state index contributed by atoms with van der Waals surface area (Å²) < 4.78 is 0. The minimum Gasteiger partial charge on any atom is -0.329 e. The van der Waals surface area contributed by atoms with Gasteiger partial charge in [0.15, 0.2) is 0 Å². The molecule has 1 aromatic heterocycles. The number of hydrogen-bond donors (Lipinski definition) is 0. The van der Waals surface area contributed by atoms with Gasteiger partial charge in [0.1, 0.15) is 16.8 Å². The van der Waals surface area contributed by atoms with E-state index in [2.05, 4.69) is 25.8 Å². The van der Waals surface area contributed by atoms with Crippen molar-refractivity contribution in [3.05, 3.63) is 46.9 Å². The molecule has 0 radical (unpaired) electrons. The molecule has 0 saturated carbocycles. The van der Waals surface area contributed by atoms with Crippen LogP contribution in [0.1, 0.15) is 32.2 Å². The van der Waals surface area contributed by atoms with Crippen LogP contribution in [0.2, 0.25) is 5.15 Å². The van der Waals surface area contributed by atoms with Crippen molar-refractivity contribution in [1.82, 2.24) is 9.97 Å². The van der Waals surface area contributed by atoms with E-state index in [1.54, 1.807) is 0 Å². The molecule has 2 aromatic rings. The molecule has 1 heterocycles. The van der Waals surface area contributed by atoms with Crippen molar-refractivity contribution in [1.29, 1.82) is 0 Å². The van der Waals surface area contributed by atoms with Crippen molar-refractivity contribution in [3.63, 3.8) is 0 Å². The Hall–Kier alpha value is -1.61. The van der Waals surface area contributed by atoms with E-state index < -0.39 is 0 Å². The smallest absolute Gasteiger partial charge is 0.140 e. The van der Waals surface area contributed by atoms with Crippen molar-refractivity contribution in [2.75, 3.05) is 11.9 Å². The molecule has 20 heavy (non-hydrogen) atoms. The molecule has 0 saturated heterocycles. The maximum atomic E-state index is 6.28. The van der Waals surface area contributed by atoms with Gasteiger partial charge in [-0.1, -0.05) is 50.6 Å². The number of rotatable bonds is 2. The Bertz CT molecular complexity index is 603. The summed E-state index contributed by atoms with van der Waals surface area (Å²) in [7, 11) is 1.99. The van der Waals surface area contributed by atoms with Crippen molar-refractivity contribution in [3.8, 4) is 0 Å². The molecule has 0 aliphatic carbocycles. The minimum atomic E-state index is -0.135. The first-order valence-electron chi connectivity index (χ1n) is 6.64. The Morgan fingerprint density at radius 2 is 1.65 bits per heavy atom. The van der Waals surface area contributed by atoms with Gasteiger partial charge in [-0.15, -0.1) is 0 Å². The summed E-state index contributed by atoms with van der Waals surface area (Å²) in [5.41, 5.74) is 1.83. The summed E-state index contributed by atoms with van der Waals surface area (Å²) in [5.74, 6) is 1.60. The molecule has 3 nitrogen and oxygen atoms in total. The van der Waals surface area contributed by atoms with E-state index in [-0.39, 0.29) is 5.41 Å². The minimum absolute atomic E-state index is 0.135. The Morgan fingerprint density at radius 3 is 2.20 bits per heavy atom. The van der Waals surface area contributed by atoms with E-state index in [4.69, 9.17) is 16.6 Å². The predicted molar refractivity (Wildman–Crippen MR) is 85.0 cm³/mol. The lowest BCUT2D eigenvalue weighted by Crippen LogP contribution is -2.21. The van der Waals surface area contributed by atoms with Crippen LogP contribution < -0.4 is 4.90 Å². The molecule has 0 spiro atoms.